The van der Waals surface area contributed by atoms with Gasteiger partial charge in [0.05, 0.1) is 12.3 Å². The molecule has 5 rings (SSSR count). The Kier molecular flexibility index (Phi) is 7.20. The zero-order valence-corrected chi connectivity index (χ0v) is 24.5. The second kappa shape index (κ2) is 10.2. The number of piperidine rings is 1. The van der Waals surface area contributed by atoms with Crippen molar-refractivity contribution < 1.29 is 12.8 Å². The van der Waals surface area contributed by atoms with Gasteiger partial charge in [-0.3, -0.25) is 0 Å². The third kappa shape index (κ3) is 5.66. The molecule has 2 aliphatic heterocycles. The summed E-state index contributed by atoms with van der Waals surface area (Å²) >= 11 is 0. The highest BCUT2D eigenvalue weighted by molar-refractivity contribution is 7.90. The maximum absolute atomic E-state index is 14.7. The number of aromatic nitrogens is 3. The second-order valence-electron chi connectivity index (χ2n) is 12.2. The molecule has 2 aromatic heterocycles. The molecule has 2 aliphatic rings. The van der Waals surface area contributed by atoms with Crippen LogP contribution in [0.3, 0.4) is 0 Å². The molecular formula is C29H39FN6O2S. The molecule has 0 unspecified atom stereocenters. The maximum atomic E-state index is 14.7. The molecule has 0 radical (unpaired) electrons. The second-order valence-corrected chi connectivity index (χ2v) is 14.4. The van der Waals surface area contributed by atoms with E-state index in [1.165, 1.54) is 11.8 Å². The van der Waals surface area contributed by atoms with E-state index >= 15 is 0 Å². The van der Waals surface area contributed by atoms with Crippen LogP contribution in [0.15, 0.2) is 36.7 Å². The molecule has 2 saturated heterocycles. The van der Waals surface area contributed by atoms with Crippen LogP contribution in [0.2, 0.25) is 0 Å². The molecule has 10 heteroatoms. The Labute approximate surface area is 231 Å². The summed E-state index contributed by atoms with van der Waals surface area (Å²) in [7, 11) is -3.02. The van der Waals surface area contributed by atoms with Crippen molar-refractivity contribution in [1.82, 2.24) is 15.0 Å². The molecule has 2 fully saturated rings. The molecule has 0 bridgehead atoms. The van der Waals surface area contributed by atoms with Gasteiger partial charge in [-0.05, 0) is 53.8 Å². The van der Waals surface area contributed by atoms with Crippen LogP contribution in [0.1, 0.15) is 52.5 Å². The van der Waals surface area contributed by atoms with Gasteiger partial charge in [-0.25, -0.2) is 22.8 Å². The number of fused-ring (bicyclic) bond motifs is 1. The summed E-state index contributed by atoms with van der Waals surface area (Å²) in [4.78, 5) is 18.0. The van der Waals surface area contributed by atoms with Gasteiger partial charge in [-0.2, -0.15) is 4.98 Å². The zero-order valence-electron chi connectivity index (χ0n) is 23.6. The Bertz CT molecular complexity index is 1480. The summed E-state index contributed by atoms with van der Waals surface area (Å²) in [5, 5.41) is 5.47. The number of halogens is 1. The Morgan fingerprint density at radius 1 is 1.13 bits per heavy atom. The molecule has 4 heterocycles. The van der Waals surface area contributed by atoms with Crippen molar-refractivity contribution in [2.45, 2.75) is 59.2 Å². The summed E-state index contributed by atoms with van der Waals surface area (Å²) in [5.74, 6) is 2.43. The van der Waals surface area contributed by atoms with Gasteiger partial charge < -0.3 is 15.1 Å². The highest BCUT2D eigenvalue weighted by Crippen LogP contribution is 2.40. The van der Waals surface area contributed by atoms with Crippen molar-refractivity contribution in [2.24, 2.45) is 11.3 Å². The quantitative estimate of drug-likeness (QED) is 0.419. The first-order valence-corrected chi connectivity index (χ1v) is 15.7. The Hall–Kier alpha value is -3.01. The topological polar surface area (TPSA) is 91.3 Å². The molecule has 0 aliphatic carbocycles. The first-order valence-electron chi connectivity index (χ1n) is 13.7. The monoisotopic (exact) mass is 554 g/mol. The van der Waals surface area contributed by atoms with Gasteiger partial charge in [0.15, 0.2) is 0 Å². The number of pyridine rings is 1. The number of nitrogens with one attached hydrogen (secondary N) is 1. The van der Waals surface area contributed by atoms with Gasteiger partial charge in [0.2, 0.25) is 5.95 Å². The summed E-state index contributed by atoms with van der Waals surface area (Å²) in [6.45, 7) is 12.1. The Morgan fingerprint density at radius 2 is 1.90 bits per heavy atom. The van der Waals surface area contributed by atoms with E-state index in [1.807, 2.05) is 24.9 Å². The van der Waals surface area contributed by atoms with E-state index in [2.05, 4.69) is 59.2 Å². The third-order valence-corrected chi connectivity index (χ3v) is 9.44. The van der Waals surface area contributed by atoms with Crippen molar-refractivity contribution in [3.63, 3.8) is 0 Å². The van der Waals surface area contributed by atoms with Crippen molar-refractivity contribution >= 4 is 43.9 Å². The number of rotatable bonds is 7. The fourth-order valence-electron chi connectivity index (χ4n) is 5.65. The van der Waals surface area contributed by atoms with Crippen LogP contribution in [0.25, 0.3) is 10.8 Å². The third-order valence-electron chi connectivity index (χ3n) is 8.40. The largest absolute Gasteiger partial charge is 0.368 e. The molecule has 1 N–H and O–H groups in total. The smallest absolute Gasteiger partial charge is 0.227 e. The van der Waals surface area contributed by atoms with Crippen LogP contribution in [0, 0.1) is 11.3 Å². The van der Waals surface area contributed by atoms with Crippen molar-refractivity contribution in [3.8, 4) is 0 Å². The summed E-state index contributed by atoms with van der Waals surface area (Å²) in [6.07, 6.45) is 4.69. The van der Waals surface area contributed by atoms with E-state index in [0.29, 0.717) is 36.6 Å². The molecule has 39 heavy (non-hydrogen) atoms. The maximum Gasteiger partial charge on any atom is 0.227 e. The van der Waals surface area contributed by atoms with Crippen molar-refractivity contribution in [3.05, 3.63) is 42.2 Å². The lowest BCUT2D eigenvalue weighted by molar-refractivity contribution is 0.116. The van der Waals surface area contributed by atoms with Gasteiger partial charge in [-0.15, -0.1) is 0 Å². The predicted octanol–water partition coefficient (Wildman–Crippen LogP) is 5.34. The van der Waals surface area contributed by atoms with E-state index in [9.17, 15) is 12.8 Å². The number of hydrogen-bond acceptors (Lipinski definition) is 8. The minimum absolute atomic E-state index is 0.124. The molecule has 8 nitrogen and oxygen atoms in total. The molecule has 0 saturated carbocycles. The number of benzene rings is 1. The molecule has 0 spiro atoms. The van der Waals surface area contributed by atoms with Gasteiger partial charge in [0.1, 0.15) is 27.6 Å². The highest BCUT2D eigenvalue weighted by atomic mass is 32.2. The van der Waals surface area contributed by atoms with E-state index in [4.69, 9.17) is 4.98 Å². The van der Waals surface area contributed by atoms with Crippen molar-refractivity contribution in [1.29, 1.82) is 0 Å². The first kappa shape index (κ1) is 27.6. The fourth-order valence-corrected chi connectivity index (χ4v) is 6.81. The first-order chi connectivity index (χ1) is 18.3. The lowest BCUT2D eigenvalue weighted by Crippen LogP contribution is -2.57. The van der Waals surface area contributed by atoms with Gasteiger partial charge in [0, 0.05) is 54.8 Å². The molecule has 0 amide bonds. The predicted molar refractivity (Wildman–Crippen MR) is 157 cm³/mol. The highest BCUT2D eigenvalue weighted by Gasteiger charge is 2.38. The number of nitrogens with zero attached hydrogens (tertiary/aromatic N) is 5. The molecule has 1 aromatic carbocycles. The van der Waals surface area contributed by atoms with Gasteiger partial charge in [0.25, 0.3) is 0 Å². The Morgan fingerprint density at radius 3 is 2.56 bits per heavy atom. The van der Waals surface area contributed by atoms with E-state index < -0.39 is 16.0 Å². The fraction of sp³-hybridized carbons (Fsp3) is 0.552. The van der Waals surface area contributed by atoms with Crippen LogP contribution in [0.4, 0.5) is 27.7 Å². The SMILES string of the molecule is CC(C)c1ccc(N2C[C@H](CS(C)(=O)=O)[C@H]2C)c2cnc(Nc3ccnc(N4CCC(C)(C)[C@H](F)C4)n3)cc12. The van der Waals surface area contributed by atoms with Crippen LogP contribution in [0.5, 0.6) is 0 Å². The molecular weight excluding hydrogens is 515 g/mol. The van der Waals surface area contributed by atoms with Gasteiger partial charge >= 0.3 is 0 Å². The van der Waals surface area contributed by atoms with Gasteiger partial charge in [-0.1, -0.05) is 33.8 Å². The molecule has 3 aromatic rings. The standard InChI is InChI=1S/C29H39FN6O2S/c1-18(2)21-7-8-24(36-15-20(19(36)3)17-39(6,37)38)23-14-32-27(13-22(21)23)33-26-9-11-31-28(34-26)35-12-10-29(4,5)25(30)16-35/h7-9,11,13-14,18-20,25H,10,12,15-17H2,1-6H3,(H,31,32,33,34)/t19-,20-,25-/m1/s1. The summed E-state index contributed by atoms with van der Waals surface area (Å²) < 4.78 is 38.3. The number of anilines is 4. The number of alkyl halides is 1. The van der Waals surface area contributed by atoms with E-state index in [0.717, 1.165) is 22.9 Å². The normalized spacial score (nSPS) is 23.2. The molecule has 3 atom stereocenters. The number of hydrogen-bond donors (Lipinski definition) is 1. The minimum Gasteiger partial charge on any atom is -0.368 e. The summed E-state index contributed by atoms with van der Waals surface area (Å²) in [6, 6.07) is 8.27. The number of sulfone groups is 1. The van der Waals surface area contributed by atoms with E-state index in [1.54, 1.807) is 12.3 Å². The van der Waals surface area contributed by atoms with Crippen LogP contribution in [-0.4, -0.2) is 67.2 Å². The minimum atomic E-state index is -3.02. The Balaban J connectivity index is 1.40. The van der Waals surface area contributed by atoms with Crippen LogP contribution >= 0.6 is 0 Å². The lowest BCUT2D eigenvalue weighted by Gasteiger charge is -2.48. The van der Waals surface area contributed by atoms with Crippen molar-refractivity contribution in [2.75, 3.05) is 46.8 Å². The molecule has 210 valence electrons. The summed E-state index contributed by atoms with van der Waals surface area (Å²) in [5.41, 5.74) is 1.95. The zero-order chi connectivity index (χ0) is 28.1. The average Bonchev–Trinajstić information content (AvgIpc) is 2.86. The van der Waals surface area contributed by atoms with E-state index in [-0.39, 0.29) is 29.7 Å². The van der Waals surface area contributed by atoms with Crippen LogP contribution < -0.4 is 15.1 Å². The lowest BCUT2D eigenvalue weighted by atomic mass is 9.81. The van der Waals surface area contributed by atoms with Crippen LogP contribution in [-0.2, 0) is 9.84 Å². The average molecular weight is 555 g/mol.